The number of nitrogens with zero attached hydrogens (tertiary/aromatic N) is 3. The van der Waals surface area contributed by atoms with Crippen LogP contribution in [0.5, 0.6) is 0 Å². The van der Waals surface area contributed by atoms with Gasteiger partial charge in [0.15, 0.2) is 0 Å². The van der Waals surface area contributed by atoms with Gasteiger partial charge in [0.2, 0.25) is 0 Å². The van der Waals surface area contributed by atoms with E-state index in [0.717, 1.165) is 15.7 Å². The van der Waals surface area contributed by atoms with E-state index in [-0.39, 0.29) is 6.04 Å². The zero-order valence-corrected chi connectivity index (χ0v) is 11.5. The second-order valence-electron chi connectivity index (χ2n) is 4.22. The van der Waals surface area contributed by atoms with Gasteiger partial charge in [-0.25, -0.2) is 0 Å². The average molecular weight is 295 g/mol. The molecule has 1 atom stereocenters. The highest BCUT2D eigenvalue weighted by atomic mass is 79.9. The summed E-state index contributed by atoms with van der Waals surface area (Å²) in [7, 11) is 1.85. The van der Waals surface area contributed by atoms with E-state index in [1.54, 1.807) is 4.68 Å². The smallest absolute Gasteiger partial charge is 0.0845 e. The van der Waals surface area contributed by atoms with E-state index < -0.39 is 0 Å². The Morgan fingerprint density at radius 2 is 2.24 bits per heavy atom. The summed E-state index contributed by atoms with van der Waals surface area (Å²) in [6.45, 7) is 2.06. The Morgan fingerprint density at radius 3 is 2.82 bits per heavy atom. The van der Waals surface area contributed by atoms with Gasteiger partial charge >= 0.3 is 0 Å². The number of hydrogen-bond acceptors (Lipinski definition) is 3. The van der Waals surface area contributed by atoms with Gasteiger partial charge in [-0.15, -0.1) is 5.10 Å². The van der Waals surface area contributed by atoms with Crippen molar-refractivity contribution in [1.82, 2.24) is 15.0 Å². The first-order chi connectivity index (χ1) is 8.06. The van der Waals surface area contributed by atoms with Crippen molar-refractivity contribution in [2.24, 2.45) is 12.8 Å². The molecule has 0 bridgehead atoms. The topological polar surface area (TPSA) is 56.7 Å². The SMILES string of the molecule is Cc1ccc(C(N)Cc2cn(C)nn2)c(Br)c1. The molecule has 0 fully saturated rings. The van der Waals surface area contributed by atoms with Crippen LogP contribution in [-0.4, -0.2) is 15.0 Å². The molecule has 4 nitrogen and oxygen atoms in total. The van der Waals surface area contributed by atoms with Gasteiger partial charge in [-0.2, -0.15) is 0 Å². The van der Waals surface area contributed by atoms with Crippen LogP contribution in [0, 0.1) is 6.92 Å². The summed E-state index contributed by atoms with van der Waals surface area (Å²) < 4.78 is 2.74. The first kappa shape index (κ1) is 12.3. The number of aromatic nitrogens is 3. The molecule has 90 valence electrons. The molecular formula is C12H15BrN4. The predicted octanol–water partition coefficient (Wildman–Crippen LogP) is 2.13. The van der Waals surface area contributed by atoms with Crippen molar-refractivity contribution in [3.8, 4) is 0 Å². The molecule has 0 saturated carbocycles. The summed E-state index contributed by atoms with van der Waals surface area (Å²) in [6, 6.07) is 6.13. The molecule has 5 heteroatoms. The summed E-state index contributed by atoms with van der Waals surface area (Å²) in [5, 5.41) is 7.95. The highest BCUT2D eigenvalue weighted by Gasteiger charge is 2.12. The molecule has 1 aromatic carbocycles. The molecule has 17 heavy (non-hydrogen) atoms. The lowest BCUT2D eigenvalue weighted by molar-refractivity contribution is 0.692. The van der Waals surface area contributed by atoms with E-state index in [0.29, 0.717) is 6.42 Å². The first-order valence-corrected chi connectivity index (χ1v) is 6.22. The fourth-order valence-corrected chi connectivity index (χ4v) is 2.54. The molecule has 0 amide bonds. The van der Waals surface area contributed by atoms with E-state index >= 15 is 0 Å². The fraction of sp³-hybridized carbons (Fsp3) is 0.333. The number of rotatable bonds is 3. The largest absolute Gasteiger partial charge is 0.324 e. The summed E-state index contributed by atoms with van der Waals surface area (Å²) in [5.41, 5.74) is 9.40. The van der Waals surface area contributed by atoms with Gasteiger partial charge in [0, 0.05) is 30.2 Å². The quantitative estimate of drug-likeness (QED) is 0.943. The van der Waals surface area contributed by atoms with Crippen molar-refractivity contribution in [3.63, 3.8) is 0 Å². The lowest BCUT2D eigenvalue weighted by Gasteiger charge is -2.12. The van der Waals surface area contributed by atoms with Gasteiger partial charge in [0.25, 0.3) is 0 Å². The minimum absolute atomic E-state index is 0.0679. The van der Waals surface area contributed by atoms with Gasteiger partial charge in [0.05, 0.1) is 5.69 Å². The Hall–Kier alpha value is -1.20. The van der Waals surface area contributed by atoms with Crippen LogP contribution in [0.4, 0.5) is 0 Å². The van der Waals surface area contributed by atoms with Crippen molar-refractivity contribution in [1.29, 1.82) is 0 Å². The van der Waals surface area contributed by atoms with Crippen LogP contribution >= 0.6 is 15.9 Å². The number of hydrogen-bond donors (Lipinski definition) is 1. The van der Waals surface area contributed by atoms with Crippen LogP contribution in [0.1, 0.15) is 22.9 Å². The minimum atomic E-state index is -0.0679. The van der Waals surface area contributed by atoms with E-state index in [9.17, 15) is 0 Å². The van der Waals surface area contributed by atoms with Crippen LogP contribution in [0.3, 0.4) is 0 Å². The van der Waals surface area contributed by atoms with E-state index in [2.05, 4.69) is 51.4 Å². The summed E-state index contributed by atoms with van der Waals surface area (Å²) in [5.74, 6) is 0. The summed E-state index contributed by atoms with van der Waals surface area (Å²) >= 11 is 3.55. The molecule has 1 aromatic heterocycles. The van der Waals surface area contributed by atoms with Gasteiger partial charge in [-0.1, -0.05) is 33.3 Å². The van der Waals surface area contributed by atoms with Crippen molar-refractivity contribution >= 4 is 15.9 Å². The number of nitrogens with two attached hydrogens (primary N) is 1. The zero-order chi connectivity index (χ0) is 12.4. The third kappa shape index (κ3) is 2.92. The number of halogens is 1. The first-order valence-electron chi connectivity index (χ1n) is 5.43. The lowest BCUT2D eigenvalue weighted by Crippen LogP contribution is -2.14. The van der Waals surface area contributed by atoms with Crippen LogP contribution < -0.4 is 5.73 Å². The maximum Gasteiger partial charge on any atom is 0.0845 e. The van der Waals surface area contributed by atoms with E-state index in [4.69, 9.17) is 5.73 Å². The summed E-state index contributed by atoms with van der Waals surface area (Å²) in [4.78, 5) is 0. The molecule has 0 aliphatic heterocycles. The molecule has 2 aromatic rings. The highest BCUT2D eigenvalue weighted by molar-refractivity contribution is 9.10. The van der Waals surface area contributed by atoms with Gasteiger partial charge < -0.3 is 5.73 Å². The van der Waals surface area contributed by atoms with Crippen LogP contribution in [0.25, 0.3) is 0 Å². The van der Waals surface area contributed by atoms with E-state index in [1.807, 2.05) is 13.2 Å². The Bertz CT molecular complexity index is 521. The molecule has 0 saturated heterocycles. The standard InChI is InChI=1S/C12H15BrN4/c1-8-3-4-10(11(13)5-8)12(14)6-9-7-17(2)16-15-9/h3-5,7,12H,6,14H2,1-2H3. The van der Waals surface area contributed by atoms with Crippen LogP contribution in [0.2, 0.25) is 0 Å². The Labute approximate surface area is 109 Å². The second kappa shape index (κ2) is 4.98. The average Bonchev–Trinajstić information content (AvgIpc) is 2.63. The fourth-order valence-electron chi connectivity index (χ4n) is 1.76. The monoisotopic (exact) mass is 294 g/mol. The normalized spacial score (nSPS) is 12.7. The third-order valence-electron chi connectivity index (χ3n) is 2.63. The maximum absolute atomic E-state index is 6.18. The summed E-state index contributed by atoms with van der Waals surface area (Å²) in [6.07, 6.45) is 2.58. The molecule has 1 heterocycles. The van der Waals surface area contributed by atoms with Crippen LogP contribution in [-0.2, 0) is 13.5 Å². The zero-order valence-electron chi connectivity index (χ0n) is 9.89. The predicted molar refractivity (Wildman–Crippen MR) is 70.5 cm³/mol. The lowest BCUT2D eigenvalue weighted by atomic mass is 10.0. The van der Waals surface area contributed by atoms with Crippen LogP contribution in [0.15, 0.2) is 28.9 Å². The van der Waals surface area contributed by atoms with Gasteiger partial charge in [-0.05, 0) is 24.1 Å². The van der Waals surface area contributed by atoms with Crippen molar-refractivity contribution in [2.45, 2.75) is 19.4 Å². The Kier molecular flexibility index (Phi) is 3.59. The maximum atomic E-state index is 6.18. The molecular weight excluding hydrogens is 280 g/mol. The van der Waals surface area contributed by atoms with Crippen molar-refractivity contribution in [2.75, 3.05) is 0 Å². The molecule has 2 N–H and O–H groups in total. The molecule has 0 radical (unpaired) electrons. The molecule has 0 aliphatic carbocycles. The molecule has 0 aliphatic rings. The Morgan fingerprint density at radius 1 is 1.47 bits per heavy atom. The number of benzene rings is 1. The third-order valence-corrected chi connectivity index (χ3v) is 3.32. The van der Waals surface area contributed by atoms with E-state index in [1.165, 1.54) is 5.56 Å². The highest BCUT2D eigenvalue weighted by Crippen LogP contribution is 2.25. The Balaban J connectivity index is 2.17. The minimum Gasteiger partial charge on any atom is -0.324 e. The molecule has 1 unspecified atom stereocenters. The molecule has 0 spiro atoms. The van der Waals surface area contributed by atoms with Gasteiger partial charge in [0.1, 0.15) is 0 Å². The van der Waals surface area contributed by atoms with Crippen molar-refractivity contribution < 1.29 is 0 Å². The van der Waals surface area contributed by atoms with Crippen molar-refractivity contribution in [3.05, 3.63) is 45.7 Å². The molecule has 2 rings (SSSR count). The van der Waals surface area contributed by atoms with Gasteiger partial charge in [-0.3, -0.25) is 4.68 Å². The number of aryl methyl sites for hydroxylation is 2. The second-order valence-corrected chi connectivity index (χ2v) is 5.07.